The first-order valence-corrected chi connectivity index (χ1v) is 11.8. The standard InChI is InChI=1S/C23H50N4O2/c1-7-8-23(5,6)21-24-9-17-28-19-15-26-11-13-27(14-12-26)16-20-29-18-10-25-22(2,3)4/h24-25H,7-21H2,1-6H3. The van der Waals surface area contributed by atoms with Crippen LogP contribution in [0.5, 0.6) is 0 Å². The molecule has 1 fully saturated rings. The van der Waals surface area contributed by atoms with Gasteiger partial charge in [-0.3, -0.25) is 9.80 Å². The molecule has 0 amide bonds. The van der Waals surface area contributed by atoms with Crippen LogP contribution in [0, 0.1) is 5.41 Å². The fourth-order valence-corrected chi connectivity index (χ4v) is 3.66. The summed E-state index contributed by atoms with van der Waals surface area (Å²) in [4.78, 5) is 5.03. The summed E-state index contributed by atoms with van der Waals surface area (Å²) in [6, 6.07) is 0. The molecule has 0 saturated carbocycles. The van der Waals surface area contributed by atoms with Crippen molar-refractivity contribution in [2.24, 2.45) is 5.41 Å². The summed E-state index contributed by atoms with van der Waals surface area (Å²) < 4.78 is 11.6. The van der Waals surface area contributed by atoms with Gasteiger partial charge >= 0.3 is 0 Å². The van der Waals surface area contributed by atoms with Crippen molar-refractivity contribution in [3.63, 3.8) is 0 Å². The van der Waals surface area contributed by atoms with Crippen molar-refractivity contribution >= 4 is 0 Å². The van der Waals surface area contributed by atoms with Gasteiger partial charge in [0.15, 0.2) is 0 Å². The molecule has 174 valence electrons. The van der Waals surface area contributed by atoms with Crippen molar-refractivity contribution in [2.75, 3.05) is 85.3 Å². The molecule has 0 bridgehead atoms. The van der Waals surface area contributed by atoms with Crippen molar-refractivity contribution in [3.05, 3.63) is 0 Å². The fraction of sp³-hybridized carbons (Fsp3) is 1.00. The van der Waals surface area contributed by atoms with E-state index in [4.69, 9.17) is 9.47 Å². The van der Waals surface area contributed by atoms with Gasteiger partial charge < -0.3 is 20.1 Å². The van der Waals surface area contributed by atoms with Gasteiger partial charge in [0.1, 0.15) is 0 Å². The Bertz CT molecular complexity index is 391. The van der Waals surface area contributed by atoms with Crippen LogP contribution in [0.15, 0.2) is 0 Å². The van der Waals surface area contributed by atoms with Gasteiger partial charge in [-0.2, -0.15) is 0 Å². The lowest BCUT2D eigenvalue weighted by molar-refractivity contribution is 0.0568. The minimum absolute atomic E-state index is 0.172. The van der Waals surface area contributed by atoms with E-state index in [0.717, 1.165) is 85.3 Å². The minimum atomic E-state index is 0.172. The lowest BCUT2D eigenvalue weighted by Crippen LogP contribution is -2.48. The van der Waals surface area contributed by atoms with Gasteiger partial charge in [0.05, 0.1) is 26.4 Å². The average Bonchev–Trinajstić information content (AvgIpc) is 2.64. The van der Waals surface area contributed by atoms with Gasteiger partial charge in [0.25, 0.3) is 0 Å². The molecule has 1 rings (SSSR count). The topological polar surface area (TPSA) is 49.0 Å². The number of ether oxygens (including phenoxy) is 2. The number of hydrogen-bond acceptors (Lipinski definition) is 6. The van der Waals surface area contributed by atoms with Crippen LogP contribution in [0.2, 0.25) is 0 Å². The second-order valence-electron chi connectivity index (χ2n) is 10.2. The van der Waals surface area contributed by atoms with Gasteiger partial charge in [-0.05, 0) is 32.6 Å². The average molecular weight is 415 g/mol. The lowest BCUT2D eigenvalue weighted by Gasteiger charge is -2.34. The molecule has 1 aliphatic heterocycles. The van der Waals surface area contributed by atoms with Crippen LogP contribution in [-0.4, -0.2) is 101 Å². The highest BCUT2D eigenvalue weighted by molar-refractivity contribution is 4.73. The third-order valence-corrected chi connectivity index (χ3v) is 5.42. The van der Waals surface area contributed by atoms with Crippen LogP contribution in [0.1, 0.15) is 54.4 Å². The smallest absolute Gasteiger partial charge is 0.0594 e. The number of nitrogens with one attached hydrogen (secondary N) is 2. The molecule has 2 N–H and O–H groups in total. The van der Waals surface area contributed by atoms with Gasteiger partial charge in [-0.25, -0.2) is 0 Å². The molecule has 6 heteroatoms. The Balaban J connectivity index is 1.91. The normalized spacial score (nSPS) is 17.2. The zero-order valence-electron chi connectivity index (χ0n) is 20.3. The monoisotopic (exact) mass is 414 g/mol. The van der Waals surface area contributed by atoms with E-state index in [-0.39, 0.29) is 5.54 Å². The van der Waals surface area contributed by atoms with Crippen LogP contribution in [0.3, 0.4) is 0 Å². The summed E-state index contributed by atoms with van der Waals surface area (Å²) in [6.07, 6.45) is 2.52. The Kier molecular flexibility index (Phi) is 13.6. The van der Waals surface area contributed by atoms with E-state index in [1.807, 2.05) is 0 Å². The zero-order chi connectivity index (χ0) is 21.6. The van der Waals surface area contributed by atoms with Crippen LogP contribution in [0.4, 0.5) is 0 Å². The molecule has 1 heterocycles. The van der Waals surface area contributed by atoms with Crippen molar-refractivity contribution in [1.82, 2.24) is 20.4 Å². The van der Waals surface area contributed by atoms with Gasteiger partial charge in [-0.1, -0.05) is 27.2 Å². The first kappa shape index (κ1) is 26.8. The SMILES string of the molecule is CCCC(C)(C)CNCCOCCN1CCN(CCOCCNC(C)(C)C)CC1. The van der Waals surface area contributed by atoms with Crippen molar-refractivity contribution < 1.29 is 9.47 Å². The van der Waals surface area contributed by atoms with Crippen molar-refractivity contribution in [2.45, 2.75) is 59.9 Å². The molecule has 0 aliphatic carbocycles. The first-order chi connectivity index (χ1) is 13.7. The predicted molar refractivity (Wildman–Crippen MR) is 124 cm³/mol. The Morgan fingerprint density at radius 2 is 1.28 bits per heavy atom. The predicted octanol–water partition coefficient (Wildman–Crippen LogP) is 2.44. The molecular formula is C23H50N4O2. The number of hydrogen-bond donors (Lipinski definition) is 2. The van der Waals surface area contributed by atoms with E-state index in [0.29, 0.717) is 5.41 Å². The quantitative estimate of drug-likeness (QED) is 0.378. The van der Waals surface area contributed by atoms with E-state index in [9.17, 15) is 0 Å². The van der Waals surface area contributed by atoms with E-state index in [2.05, 4.69) is 62.0 Å². The summed E-state index contributed by atoms with van der Waals surface area (Å²) >= 11 is 0. The zero-order valence-corrected chi connectivity index (χ0v) is 20.3. The second kappa shape index (κ2) is 14.7. The van der Waals surface area contributed by atoms with E-state index >= 15 is 0 Å². The molecule has 0 aromatic heterocycles. The largest absolute Gasteiger partial charge is 0.379 e. The molecule has 0 radical (unpaired) electrons. The summed E-state index contributed by atoms with van der Waals surface area (Å²) in [5, 5.41) is 6.99. The molecule has 6 nitrogen and oxygen atoms in total. The van der Waals surface area contributed by atoms with Crippen molar-refractivity contribution in [3.8, 4) is 0 Å². The highest BCUT2D eigenvalue weighted by atomic mass is 16.5. The summed E-state index contributed by atoms with van der Waals surface area (Å²) in [6.45, 7) is 26.3. The first-order valence-electron chi connectivity index (χ1n) is 11.8. The molecule has 1 saturated heterocycles. The van der Waals surface area contributed by atoms with E-state index in [1.54, 1.807) is 0 Å². The van der Waals surface area contributed by atoms with Crippen molar-refractivity contribution in [1.29, 1.82) is 0 Å². The molecule has 29 heavy (non-hydrogen) atoms. The van der Waals surface area contributed by atoms with Gasteiger partial charge in [-0.15, -0.1) is 0 Å². The highest BCUT2D eigenvalue weighted by Gasteiger charge is 2.17. The Morgan fingerprint density at radius 1 is 0.759 bits per heavy atom. The molecule has 0 unspecified atom stereocenters. The summed E-state index contributed by atoms with van der Waals surface area (Å²) in [7, 11) is 0. The third-order valence-electron chi connectivity index (χ3n) is 5.42. The van der Waals surface area contributed by atoms with Crippen LogP contribution >= 0.6 is 0 Å². The maximum Gasteiger partial charge on any atom is 0.0594 e. The third kappa shape index (κ3) is 15.2. The molecule has 0 atom stereocenters. The lowest BCUT2D eigenvalue weighted by atomic mass is 9.88. The molecular weight excluding hydrogens is 364 g/mol. The number of nitrogens with zero attached hydrogens (tertiary/aromatic N) is 2. The van der Waals surface area contributed by atoms with Crippen LogP contribution in [-0.2, 0) is 9.47 Å². The van der Waals surface area contributed by atoms with Crippen LogP contribution in [0.25, 0.3) is 0 Å². The number of rotatable bonds is 16. The van der Waals surface area contributed by atoms with Gasteiger partial charge in [0.2, 0.25) is 0 Å². The molecule has 0 spiro atoms. The molecule has 1 aliphatic rings. The highest BCUT2D eigenvalue weighted by Crippen LogP contribution is 2.20. The maximum absolute atomic E-state index is 5.82. The second-order valence-corrected chi connectivity index (χ2v) is 10.2. The Hall–Kier alpha value is -0.240. The minimum Gasteiger partial charge on any atom is -0.379 e. The van der Waals surface area contributed by atoms with E-state index < -0.39 is 0 Å². The van der Waals surface area contributed by atoms with Gasteiger partial charge in [0, 0.05) is 64.4 Å². The Morgan fingerprint density at radius 3 is 1.76 bits per heavy atom. The maximum atomic E-state index is 5.82. The molecule has 0 aromatic carbocycles. The Labute approximate surface area is 181 Å². The number of piperazine rings is 1. The summed E-state index contributed by atoms with van der Waals surface area (Å²) in [5.41, 5.74) is 0.564. The summed E-state index contributed by atoms with van der Waals surface area (Å²) in [5.74, 6) is 0. The van der Waals surface area contributed by atoms with E-state index in [1.165, 1.54) is 12.8 Å². The van der Waals surface area contributed by atoms with Crippen LogP contribution < -0.4 is 10.6 Å². The molecule has 0 aromatic rings. The fourth-order valence-electron chi connectivity index (χ4n) is 3.66.